The molecular formula is C27H32N2O2. The van der Waals surface area contributed by atoms with E-state index in [-0.39, 0.29) is 11.9 Å². The lowest BCUT2D eigenvalue weighted by molar-refractivity contribution is -0.133. The number of aromatic amines is 1. The molecule has 2 aromatic carbocycles. The largest absolute Gasteiger partial charge is 0.494 e. The van der Waals surface area contributed by atoms with Crippen LogP contribution in [0.3, 0.4) is 0 Å². The summed E-state index contributed by atoms with van der Waals surface area (Å²) in [7, 11) is 0. The number of para-hydroxylation sites is 1. The van der Waals surface area contributed by atoms with Gasteiger partial charge in [0.1, 0.15) is 5.75 Å². The maximum Gasteiger partial charge on any atom is 0.223 e. The summed E-state index contributed by atoms with van der Waals surface area (Å²) in [5, 5.41) is 1.28. The zero-order valence-corrected chi connectivity index (χ0v) is 18.4. The van der Waals surface area contributed by atoms with E-state index in [1.54, 1.807) is 0 Å². The summed E-state index contributed by atoms with van der Waals surface area (Å²) in [5.74, 6) is 1.88. The van der Waals surface area contributed by atoms with Crippen molar-refractivity contribution in [1.29, 1.82) is 0 Å². The molecule has 31 heavy (non-hydrogen) atoms. The molecule has 2 aliphatic rings. The zero-order valence-electron chi connectivity index (χ0n) is 18.4. The fourth-order valence-corrected chi connectivity index (χ4v) is 5.57. The molecule has 162 valence electrons. The fourth-order valence-electron chi connectivity index (χ4n) is 5.57. The SMILES string of the molecule is CCOc1cccc([C@H]2c3[nH]c4ccccc4c3CCN2C(=O)CCC2CCCC2)c1. The van der Waals surface area contributed by atoms with E-state index in [9.17, 15) is 4.79 Å². The highest BCUT2D eigenvalue weighted by Gasteiger charge is 2.34. The van der Waals surface area contributed by atoms with E-state index in [4.69, 9.17) is 4.74 Å². The molecular weight excluding hydrogens is 384 g/mol. The molecule has 1 aliphatic carbocycles. The Kier molecular flexibility index (Phi) is 5.71. The lowest BCUT2D eigenvalue weighted by Gasteiger charge is -2.36. The number of rotatable bonds is 6. The summed E-state index contributed by atoms with van der Waals surface area (Å²) in [6.07, 6.45) is 7.82. The van der Waals surface area contributed by atoms with Gasteiger partial charge in [0.25, 0.3) is 0 Å². The molecule has 1 aliphatic heterocycles. The van der Waals surface area contributed by atoms with Crippen LogP contribution in [0.25, 0.3) is 10.9 Å². The number of hydrogen-bond donors (Lipinski definition) is 1. The van der Waals surface area contributed by atoms with Crippen LogP contribution in [-0.4, -0.2) is 28.9 Å². The van der Waals surface area contributed by atoms with E-state index in [1.807, 2.05) is 19.1 Å². The van der Waals surface area contributed by atoms with Gasteiger partial charge >= 0.3 is 0 Å². The second kappa shape index (κ2) is 8.78. The van der Waals surface area contributed by atoms with Crippen LogP contribution in [0.4, 0.5) is 0 Å². The van der Waals surface area contributed by atoms with Gasteiger partial charge in [0, 0.05) is 29.6 Å². The highest BCUT2D eigenvalue weighted by molar-refractivity contribution is 5.86. The second-order valence-electron chi connectivity index (χ2n) is 9.00. The summed E-state index contributed by atoms with van der Waals surface area (Å²) in [4.78, 5) is 19.2. The minimum Gasteiger partial charge on any atom is -0.494 e. The number of aromatic nitrogens is 1. The third-order valence-corrected chi connectivity index (χ3v) is 7.08. The van der Waals surface area contributed by atoms with Gasteiger partial charge in [0.2, 0.25) is 5.91 Å². The van der Waals surface area contributed by atoms with Gasteiger partial charge < -0.3 is 14.6 Å². The molecule has 3 aromatic rings. The van der Waals surface area contributed by atoms with Crippen molar-refractivity contribution >= 4 is 16.8 Å². The van der Waals surface area contributed by atoms with Crippen molar-refractivity contribution in [3.63, 3.8) is 0 Å². The van der Waals surface area contributed by atoms with Crippen molar-refractivity contribution in [2.24, 2.45) is 5.92 Å². The Hall–Kier alpha value is -2.75. The fraction of sp³-hybridized carbons (Fsp3) is 0.444. The van der Waals surface area contributed by atoms with Crippen molar-refractivity contribution < 1.29 is 9.53 Å². The monoisotopic (exact) mass is 416 g/mol. The summed E-state index contributed by atoms with van der Waals surface area (Å²) in [6.45, 7) is 3.40. The molecule has 1 fully saturated rings. The summed E-state index contributed by atoms with van der Waals surface area (Å²) >= 11 is 0. The molecule has 1 N–H and O–H groups in total. The van der Waals surface area contributed by atoms with Gasteiger partial charge in [-0.05, 0) is 55.0 Å². The van der Waals surface area contributed by atoms with Crippen molar-refractivity contribution in [2.75, 3.05) is 13.2 Å². The molecule has 1 atom stereocenters. The average molecular weight is 417 g/mol. The summed E-state index contributed by atoms with van der Waals surface area (Å²) in [6, 6.07) is 16.7. The van der Waals surface area contributed by atoms with Gasteiger partial charge in [-0.1, -0.05) is 56.0 Å². The Balaban J connectivity index is 1.51. The molecule has 1 aromatic heterocycles. The minimum absolute atomic E-state index is 0.0902. The van der Waals surface area contributed by atoms with E-state index < -0.39 is 0 Å². The van der Waals surface area contributed by atoms with Crippen LogP contribution in [-0.2, 0) is 11.2 Å². The van der Waals surface area contributed by atoms with Crippen molar-refractivity contribution in [3.8, 4) is 5.75 Å². The van der Waals surface area contributed by atoms with Gasteiger partial charge in [-0.2, -0.15) is 0 Å². The van der Waals surface area contributed by atoms with Gasteiger partial charge in [-0.25, -0.2) is 0 Å². The number of benzene rings is 2. The van der Waals surface area contributed by atoms with Crippen molar-refractivity contribution in [2.45, 2.75) is 57.9 Å². The second-order valence-corrected chi connectivity index (χ2v) is 9.00. The number of fused-ring (bicyclic) bond motifs is 3. The Morgan fingerprint density at radius 2 is 1.97 bits per heavy atom. The molecule has 0 saturated heterocycles. The van der Waals surface area contributed by atoms with Gasteiger partial charge in [-0.3, -0.25) is 4.79 Å². The van der Waals surface area contributed by atoms with E-state index in [0.29, 0.717) is 13.0 Å². The Labute approximate surface area is 184 Å². The molecule has 1 saturated carbocycles. The molecule has 0 radical (unpaired) electrons. The van der Waals surface area contributed by atoms with Crippen LogP contribution in [0.5, 0.6) is 5.75 Å². The first-order valence-corrected chi connectivity index (χ1v) is 11.9. The normalized spacial score (nSPS) is 19.0. The minimum atomic E-state index is -0.0902. The van der Waals surface area contributed by atoms with Crippen LogP contribution in [0.15, 0.2) is 48.5 Å². The van der Waals surface area contributed by atoms with Crippen LogP contribution in [0, 0.1) is 5.92 Å². The van der Waals surface area contributed by atoms with E-state index >= 15 is 0 Å². The number of nitrogens with zero attached hydrogens (tertiary/aromatic N) is 1. The maximum absolute atomic E-state index is 13.5. The number of hydrogen-bond acceptors (Lipinski definition) is 2. The molecule has 4 nitrogen and oxygen atoms in total. The number of ether oxygens (including phenoxy) is 1. The van der Waals surface area contributed by atoms with Crippen molar-refractivity contribution in [3.05, 3.63) is 65.4 Å². The first-order chi connectivity index (χ1) is 15.2. The van der Waals surface area contributed by atoms with Crippen LogP contribution < -0.4 is 4.74 Å². The first kappa shape index (κ1) is 20.2. The molecule has 2 heterocycles. The molecule has 0 bridgehead atoms. The zero-order chi connectivity index (χ0) is 21.2. The third-order valence-electron chi connectivity index (χ3n) is 7.08. The Morgan fingerprint density at radius 3 is 2.81 bits per heavy atom. The Morgan fingerprint density at radius 1 is 1.13 bits per heavy atom. The molecule has 1 amide bonds. The molecule has 5 rings (SSSR count). The van der Waals surface area contributed by atoms with Gasteiger partial charge in [0.05, 0.1) is 12.6 Å². The van der Waals surface area contributed by atoms with Crippen LogP contribution in [0.1, 0.15) is 68.3 Å². The summed E-state index contributed by atoms with van der Waals surface area (Å²) < 4.78 is 5.78. The topological polar surface area (TPSA) is 45.3 Å². The molecule has 4 heteroatoms. The van der Waals surface area contributed by atoms with Gasteiger partial charge in [-0.15, -0.1) is 0 Å². The smallest absolute Gasteiger partial charge is 0.223 e. The highest BCUT2D eigenvalue weighted by Crippen LogP contribution is 2.40. The number of H-pyrrole nitrogens is 1. The van der Waals surface area contributed by atoms with Crippen LogP contribution in [0.2, 0.25) is 0 Å². The van der Waals surface area contributed by atoms with E-state index in [0.717, 1.165) is 47.8 Å². The standard InChI is InChI=1S/C27H32N2O2/c1-2-31-21-11-7-10-20(18-21)27-26-23(22-12-5-6-13-24(22)28-26)16-17-29(27)25(30)15-14-19-8-3-4-9-19/h5-7,10-13,18-19,27-28H,2-4,8-9,14-17H2,1H3/t27-/m0/s1. The molecule has 0 spiro atoms. The number of carbonyl (C=O) groups is 1. The third kappa shape index (κ3) is 3.96. The average Bonchev–Trinajstić information content (AvgIpc) is 3.45. The Bertz CT molecular complexity index is 1060. The highest BCUT2D eigenvalue weighted by atomic mass is 16.5. The molecule has 0 unspecified atom stereocenters. The first-order valence-electron chi connectivity index (χ1n) is 11.9. The predicted octanol–water partition coefficient (Wildman–Crippen LogP) is 6.01. The van der Waals surface area contributed by atoms with Crippen molar-refractivity contribution in [1.82, 2.24) is 9.88 Å². The summed E-state index contributed by atoms with van der Waals surface area (Å²) in [5.41, 5.74) is 4.78. The predicted molar refractivity (Wildman–Crippen MR) is 124 cm³/mol. The quantitative estimate of drug-likeness (QED) is 0.535. The maximum atomic E-state index is 13.5. The van der Waals surface area contributed by atoms with E-state index in [1.165, 1.54) is 36.6 Å². The number of carbonyl (C=O) groups excluding carboxylic acids is 1. The van der Waals surface area contributed by atoms with E-state index in [2.05, 4.69) is 46.3 Å². The van der Waals surface area contributed by atoms with Crippen LogP contribution >= 0.6 is 0 Å². The number of nitrogens with one attached hydrogen (secondary N) is 1. The van der Waals surface area contributed by atoms with Gasteiger partial charge in [0.15, 0.2) is 0 Å². The lowest BCUT2D eigenvalue weighted by Crippen LogP contribution is -2.40. The number of amides is 1. The lowest BCUT2D eigenvalue weighted by atomic mass is 9.91.